The number of nitrogens with one attached hydrogen (secondary N) is 2. The average molecular weight is 347 g/mol. The average Bonchev–Trinajstić information content (AvgIpc) is 3.45. The smallest absolute Gasteiger partial charge is 0.319 e. The van der Waals surface area contributed by atoms with Gasteiger partial charge in [0.05, 0.1) is 28.6 Å². The van der Waals surface area contributed by atoms with Gasteiger partial charge in [-0.05, 0) is 68.5 Å². The molecular weight excluding hydrogens is 326 g/mol. The Labute approximate surface area is 152 Å². The van der Waals surface area contributed by atoms with Gasteiger partial charge < -0.3 is 10.6 Å². The molecule has 1 saturated carbocycles. The number of carbonyl (C=O) groups is 1. The summed E-state index contributed by atoms with van der Waals surface area (Å²) in [4.78, 5) is 17.1. The molecular formula is C20H21N5O. The quantitative estimate of drug-likeness (QED) is 0.750. The van der Waals surface area contributed by atoms with Gasteiger partial charge in [-0.25, -0.2) is 4.79 Å². The van der Waals surface area contributed by atoms with Crippen LogP contribution in [0.4, 0.5) is 10.5 Å². The molecule has 1 aromatic carbocycles. The van der Waals surface area contributed by atoms with Crippen LogP contribution < -0.4 is 10.6 Å². The Bertz CT molecular complexity index is 967. The van der Waals surface area contributed by atoms with Crippen molar-refractivity contribution in [3.63, 3.8) is 0 Å². The summed E-state index contributed by atoms with van der Waals surface area (Å²) >= 11 is 0. The molecule has 1 aliphatic carbocycles. The molecule has 0 bridgehead atoms. The second kappa shape index (κ2) is 6.71. The molecule has 2 heterocycles. The van der Waals surface area contributed by atoms with E-state index < -0.39 is 0 Å². The van der Waals surface area contributed by atoms with E-state index in [0.717, 1.165) is 46.4 Å². The van der Waals surface area contributed by atoms with Crippen LogP contribution in [0.25, 0.3) is 10.9 Å². The molecule has 2 aromatic heterocycles. The highest BCUT2D eigenvalue weighted by Crippen LogP contribution is 2.40. The van der Waals surface area contributed by atoms with E-state index in [0.29, 0.717) is 5.92 Å². The van der Waals surface area contributed by atoms with E-state index in [1.54, 1.807) is 6.20 Å². The molecule has 132 valence electrons. The Morgan fingerprint density at radius 3 is 2.77 bits per heavy atom. The van der Waals surface area contributed by atoms with Gasteiger partial charge in [0, 0.05) is 11.6 Å². The molecule has 0 radical (unpaired) electrons. The molecule has 4 rings (SSSR count). The zero-order valence-electron chi connectivity index (χ0n) is 14.9. The summed E-state index contributed by atoms with van der Waals surface area (Å²) in [6.07, 6.45) is 4.03. The fourth-order valence-electron chi connectivity index (χ4n) is 3.16. The maximum Gasteiger partial charge on any atom is 0.319 e. The number of hydrogen-bond acceptors (Lipinski definition) is 4. The molecule has 26 heavy (non-hydrogen) atoms. The van der Waals surface area contributed by atoms with E-state index in [-0.39, 0.29) is 12.1 Å². The lowest BCUT2D eigenvalue weighted by atomic mass is 10.1. The van der Waals surface area contributed by atoms with Crippen LogP contribution >= 0.6 is 0 Å². The first-order valence-corrected chi connectivity index (χ1v) is 8.83. The molecule has 0 saturated heterocycles. The highest BCUT2D eigenvalue weighted by molar-refractivity contribution is 6.00. The van der Waals surface area contributed by atoms with E-state index in [9.17, 15) is 4.79 Å². The minimum Gasteiger partial charge on any atom is -0.329 e. The van der Waals surface area contributed by atoms with Crippen molar-refractivity contribution in [3.8, 4) is 0 Å². The van der Waals surface area contributed by atoms with Gasteiger partial charge in [-0.2, -0.15) is 10.2 Å². The summed E-state index contributed by atoms with van der Waals surface area (Å²) in [5.41, 5.74) is 4.36. The number of rotatable bonds is 4. The Morgan fingerprint density at radius 2 is 2.00 bits per heavy atom. The van der Waals surface area contributed by atoms with Crippen molar-refractivity contribution in [3.05, 3.63) is 59.5 Å². The highest BCUT2D eigenvalue weighted by atomic mass is 16.2. The SMILES string of the molecule is Cc1ccnc(C(NC(=O)Nc2cccc3nnc(C)cc23)C2CC2)c1. The molecule has 0 spiro atoms. The number of urea groups is 1. The number of carbonyl (C=O) groups excluding carboxylic acids is 1. The number of amides is 2. The van der Waals surface area contributed by atoms with Crippen LogP contribution in [0.1, 0.15) is 35.8 Å². The fraction of sp³-hybridized carbons (Fsp3) is 0.300. The molecule has 1 atom stereocenters. The molecule has 6 heteroatoms. The van der Waals surface area contributed by atoms with Gasteiger partial charge in [-0.3, -0.25) is 4.98 Å². The number of anilines is 1. The predicted octanol–water partition coefficient (Wildman–Crippen LogP) is 3.91. The molecule has 0 aliphatic heterocycles. The minimum absolute atomic E-state index is 0.0635. The number of benzene rings is 1. The van der Waals surface area contributed by atoms with Crippen LogP contribution in [-0.4, -0.2) is 21.2 Å². The van der Waals surface area contributed by atoms with Crippen molar-refractivity contribution in [2.75, 3.05) is 5.32 Å². The second-order valence-corrected chi connectivity index (χ2v) is 6.90. The molecule has 1 unspecified atom stereocenters. The van der Waals surface area contributed by atoms with Gasteiger partial charge in [0.2, 0.25) is 0 Å². The third-order valence-corrected chi connectivity index (χ3v) is 4.64. The first kappa shape index (κ1) is 16.4. The fourth-order valence-corrected chi connectivity index (χ4v) is 3.16. The van der Waals surface area contributed by atoms with Crippen molar-refractivity contribution >= 4 is 22.6 Å². The van der Waals surface area contributed by atoms with Crippen molar-refractivity contribution < 1.29 is 4.79 Å². The van der Waals surface area contributed by atoms with Crippen LogP contribution in [0.3, 0.4) is 0 Å². The first-order chi connectivity index (χ1) is 12.6. The number of nitrogens with zero attached hydrogens (tertiary/aromatic N) is 3. The largest absolute Gasteiger partial charge is 0.329 e. The molecule has 2 N–H and O–H groups in total. The lowest BCUT2D eigenvalue weighted by Crippen LogP contribution is -2.34. The summed E-state index contributed by atoms with van der Waals surface area (Å²) in [6, 6.07) is 11.3. The van der Waals surface area contributed by atoms with Crippen LogP contribution in [0.5, 0.6) is 0 Å². The molecule has 2 amide bonds. The van der Waals surface area contributed by atoms with Crippen molar-refractivity contribution in [1.29, 1.82) is 0 Å². The first-order valence-electron chi connectivity index (χ1n) is 8.83. The molecule has 1 aliphatic rings. The number of fused-ring (bicyclic) bond motifs is 1. The van der Waals surface area contributed by atoms with Crippen molar-refractivity contribution in [2.45, 2.75) is 32.7 Å². The Balaban J connectivity index is 1.55. The maximum absolute atomic E-state index is 12.7. The van der Waals surface area contributed by atoms with Gasteiger partial charge in [0.25, 0.3) is 0 Å². The Kier molecular flexibility index (Phi) is 4.24. The molecule has 6 nitrogen and oxygen atoms in total. The number of hydrogen-bond donors (Lipinski definition) is 2. The second-order valence-electron chi connectivity index (χ2n) is 6.90. The number of pyridine rings is 1. The standard InChI is InChI=1S/C20H21N5O/c1-12-8-9-21-18(10-12)19(14-6-7-14)23-20(26)22-16-4-3-5-17-15(16)11-13(2)24-25-17/h3-5,8-11,14,19H,6-7H2,1-2H3,(H2,22,23,26). The van der Waals surface area contributed by atoms with Gasteiger partial charge in [-0.1, -0.05) is 6.07 Å². The third-order valence-electron chi connectivity index (χ3n) is 4.64. The van der Waals surface area contributed by atoms with Crippen LogP contribution in [0.2, 0.25) is 0 Å². The Hall–Kier alpha value is -3.02. The molecule has 1 fully saturated rings. The van der Waals surface area contributed by atoms with Crippen LogP contribution in [-0.2, 0) is 0 Å². The summed E-state index contributed by atoms with van der Waals surface area (Å²) < 4.78 is 0. The van der Waals surface area contributed by atoms with E-state index in [1.807, 2.05) is 50.2 Å². The van der Waals surface area contributed by atoms with Gasteiger partial charge >= 0.3 is 6.03 Å². The van der Waals surface area contributed by atoms with Crippen molar-refractivity contribution in [2.24, 2.45) is 5.92 Å². The zero-order chi connectivity index (χ0) is 18.1. The predicted molar refractivity (Wildman–Crippen MR) is 101 cm³/mol. The normalized spacial score (nSPS) is 14.8. The lowest BCUT2D eigenvalue weighted by Gasteiger charge is -2.19. The van der Waals surface area contributed by atoms with Crippen LogP contribution in [0.15, 0.2) is 42.6 Å². The summed E-state index contributed by atoms with van der Waals surface area (Å²) in [7, 11) is 0. The highest BCUT2D eigenvalue weighted by Gasteiger charge is 2.34. The van der Waals surface area contributed by atoms with E-state index in [4.69, 9.17) is 0 Å². The monoisotopic (exact) mass is 347 g/mol. The zero-order valence-corrected chi connectivity index (χ0v) is 14.9. The summed E-state index contributed by atoms with van der Waals surface area (Å²) in [5, 5.41) is 15.2. The van der Waals surface area contributed by atoms with Gasteiger partial charge in [-0.15, -0.1) is 0 Å². The van der Waals surface area contributed by atoms with Gasteiger partial charge in [0.1, 0.15) is 0 Å². The summed E-state index contributed by atoms with van der Waals surface area (Å²) in [6.45, 7) is 3.92. The minimum atomic E-state index is -0.229. The maximum atomic E-state index is 12.7. The number of aryl methyl sites for hydroxylation is 2. The topological polar surface area (TPSA) is 79.8 Å². The van der Waals surface area contributed by atoms with E-state index in [1.165, 1.54) is 0 Å². The van der Waals surface area contributed by atoms with Crippen LogP contribution in [0, 0.1) is 19.8 Å². The van der Waals surface area contributed by atoms with E-state index >= 15 is 0 Å². The third kappa shape index (κ3) is 3.49. The van der Waals surface area contributed by atoms with Gasteiger partial charge in [0.15, 0.2) is 0 Å². The number of aromatic nitrogens is 3. The lowest BCUT2D eigenvalue weighted by molar-refractivity contribution is 0.246. The van der Waals surface area contributed by atoms with E-state index in [2.05, 4.69) is 25.8 Å². The van der Waals surface area contributed by atoms with Crippen molar-refractivity contribution in [1.82, 2.24) is 20.5 Å². The molecule has 3 aromatic rings. The summed E-state index contributed by atoms with van der Waals surface area (Å²) in [5.74, 6) is 0.454. The Morgan fingerprint density at radius 1 is 1.15 bits per heavy atom.